The molecule has 1 aliphatic heterocycles. The molecule has 0 aromatic heterocycles. The van der Waals surface area contributed by atoms with Gasteiger partial charge < -0.3 is 20.1 Å². The highest BCUT2D eigenvalue weighted by atomic mass is 16.6. The number of ether oxygens (including phenoxy) is 2. The molecule has 0 spiro atoms. The van der Waals surface area contributed by atoms with Crippen LogP contribution in [-0.4, -0.2) is 46.8 Å². The highest BCUT2D eigenvalue weighted by molar-refractivity contribution is 6.30. The molecule has 0 radical (unpaired) electrons. The van der Waals surface area contributed by atoms with Crippen molar-refractivity contribution in [3.05, 3.63) is 41.4 Å². The van der Waals surface area contributed by atoms with Crippen molar-refractivity contribution in [3.63, 3.8) is 0 Å². The lowest BCUT2D eigenvalue weighted by Gasteiger charge is -2.15. The summed E-state index contributed by atoms with van der Waals surface area (Å²) in [6.07, 6.45) is -0.352. The van der Waals surface area contributed by atoms with Gasteiger partial charge in [0.2, 0.25) is 0 Å². The number of carbonyl (C=O) groups is 1. The number of nitrogens with zero attached hydrogens (tertiary/aromatic N) is 2. The Hall–Kier alpha value is -1.85. The number of ketones is 1. The van der Waals surface area contributed by atoms with Gasteiger partial charge in [0.05, 0.1) is 19.8 Å². The van der Waals surface area contributed by atoms with E-state index in [9.17, 15) is 9.90 Å². The van der Waals surface area contributed by atoms with Gasteiger partial charge >= 0.3 is 6.21 Å². The zero-order valence-corrected chi connectivity index (χ0v) is 10.2. The highest BCUT2D eigenvalue weighted by Gasteiger charge is 2.58. The van der Waals surface area contributed by atoms with Crippen molar-refractivity contribution in [2.45, 2.75) is 18.3 Å². The van der Waals surface area contributed by atoms with Crippen LogP contribution in [0.3, 0.4) is 0 Å². The fourth-order valence-electron chi connectivity index (χ4n) is 1.74. The van der Waals surface area contributed by atoms with Gasteiger partial charge in [0.25, 0.3) is 5.78 Å². The van der Waals surface area contributed by atoms with Gasteiger partial charge in [-0.3, -0.25) is 4.79 Å². The summed E-state index contributed by atoms with van der Waals surface area (Å²) in [4.78, 5) is 14.2. The fourth-order valence-corrected chi connectivity index (χ4v) is 1.74. The monoisotopic (exact) mass is 262 g/mol. The molecule has 1 N–H and O–H groups in total. The second-order valence-corrected chi connectivity index (χ2v) is 4.30. The first-order valence-electron chi connectivity index (χ1n) is 5.84. The van der Waals surface area contributed by atoms with Crippen LogP contribution >= 0.6 is 0 Å². The minimum absolute atomic E-state index is 0.0279. The number of epoxide rings is 1. The summed E-state index contributed by atoms with van der Waals surface area (Å²) in [6, 6.07) is 9.49. The molecule has 6 heteroatoms. The van der Waals surface area contributed by atoms with E-state index in [2.05, 4.69) is 4.79 Å². The van der Waals surface area contributed by atoms with Crippen molar-refractivity contribution < 1.29 is 24.2 Å². The van der Waals surface area contributed by atoms with Crippen LogP contribution in [0.4, 0.5) is 0 Å². The van der Waals surface area contributed by atoms with Gasteiger partial charge in [0.15, 0.2) is 5.60 Å². The molecule has 1 fully saturated rings. The molecule has 19 heavy (non-hydrogen) atoms. The first-order valence-corrected chi connectivity index (χ1v) is 5.84. The maximum absolute atomic E-state index is 11.6. The van der Waals surface area contributed by atoms with Gasteiger partial charge in [0.1, 0.15) is 6.10 Å². The van der Waals surface area contributed by atoms with Crippen molar-refractivity contribution in [1.29, 1.82) is 0 Å². The summed E-state index contributed by atoms with van der Waals surface area (Å²) < 4.78 is 10.3. The molecule has 0 saturated carbocycles. The Morgan fingerprint density at radius 3 is 2.84 bits per heavy atom. The number of hydrogen-bond acceptors (Lipinski definition) is 4. The number of hydrogen-bond donors (Lipinski definition) is 1. The quantitative estimate of drug-likeness (QED) is 0.328. The number of benzene rings is 1. The first kappa shape index (κ1) is 13.6. The lowest BCUT2D eigenvalue weighted by atomic mass is 9.99. The van der Waals surface area contributed by atoms with Crippen LogP contribution in [0, 0.1) is 0 Å². The van der Waals surface area contributed by atoms with Crippen molar-refractivity contribution in [3.8, 4) is 0 Å². The maximum atomic E-state index is 11.6. The van der Waals surface area contributed by atoms with E-state index < -0.39 is 17.5 Å². The molecule has 2 atom stereocenters. The topological polar surface area (TPSA) is 95.5 Å². The Balaban J connectivity index is 1.83. The average molecular weight is 262 g/mol. The van der Waals surface area contributed by atoms with E-state index >= 15 is 0 Å². The van der Waals surface area contributed by atoms with Crippen LogP contribution in [0.15, 0.2) is 30.3 Å². The number of aliphatic hydroxyl groups excluding tert-OH is 1. The van der Waals surface area contributed by atoms with Gasteiger partial charge in [-0.15, -0.1) is 0 Å². The molecule has 0 amide bonds. The van der Waals surface area contributed by atoms with E-state index in [4.69, 9.17) is 15.0 Å². The minimum Gasteiger partial charge on any atom is -0.387 e. The summed E-state index contributed by atoms with van der Waals surface area (Å²) in [5.74, 6) is -0.564. The molecular formula is C13H14N2O4. The van der Waals surface area contributed by atoms with Crippen LogP contribution in [0.2, 0.25) is 0 Å². The van der Waals surface area contributed by atoms with Crippen molar-refractivity contribution in [1.82, 2.24) is 0 Å². The van der Waals surface area contributed by atoms with Gasteiger partial charge in [-0.25, -0.2) is 0 Å². The van der Waals surface area contributed by atoms with Crippen LogP contribution in [-0.2, 0) is 20.9 Å². The molecule has 1 aromatic carbocycles. The third kappa shape index (κ3) is 3.13. The number of carbonyl (C=O) groups excluding carboxylic acids is 1. The van der Waals surface area contributed by atoms with E-state index in [1.54, 1.807) is 0 Å². The smallest absolute Gasteiger partial charge is 0.326 e. The van der Waals surface area contributed by atoms with E-state index in [0.29, 0.717) is 6.61 Å². The first-order chi connectivity index (χ1) is 9.19. The van der Waals surface area contributed by atoms with Crippen molar-refractivity contribution in [2.24, 2.45) is 0 Å². The molecule has 1 saturated heterocycles. The van der Waals surface area contributed by atoms with Gasteiger partial charge in [0, 0.05) is 0 Å². The number of aliphatic hydroxyl groups is 1. The Labute approximate surface area is 110 Å². The largest absolute Gasteiger partial charge is 0.387 e. The zero-order valence-electron chi connectivity index (χ0n) is 10.2. The summed E-state index contributed by atoms with van der Waals surface area (Å²) >= 11 is 0. The van der Waals surface area contributed by atoms with Crippen LogP contribution < -0.4 is 0 Å². The molecule has 2 rings (SSSR count). The lowest BCUT2D eigenvalue weighted by Crippen LogP contribution is -2.42. The van der Waals surface area contributed by atoms with Crippen LogP contribution in [0.1, 0.15) is 5.56 Å². The van der Waals surface area contributed by atoms with E-state index in [0.717, 1.165) is 11.8 Å². The lowest BCUT2D eigenvalue weighted by molar-refractivity contribution is -0.126. The second kappa shape index (κ2) is 5.86. The third-order valence-corrected chi connectivity index (χ3v) is 2.97. The normalized spacial score (nSPS) is 22.4. The Bertz CT molecular complexity index is 493. The molecule has 0 bridgehead atoms. The molecular weight excluding hydrogens is 248 g/mol. The van der Waals surface area contributed by atoms with Gasteiger partial charge in [-0.1, -0.05) is 30.3 Å². The van der Waals surface area contributed by atoms with E-state index in [1.165, 1.54) is 0 Å². The molecule has 1 unspecified atom stereocenters. The predicted molar refractivity (Wildman–Crippen MR) is 65.5 cm³/mol. The highest BCUT2D eigenvalue weighted by Crippen LogP contribution is 2.31. The van der Waals surface area contributed by atoms with E-state index in [-0.39, 0.29) is 13.2 Å². The standard InChI is InChI=1S/C13H14N2O4/c14-15-6-11(16)13(9-19-13)12(17)8-18-7-10-4-2-1-3-5-10/h1-6,12,17H,7-9H2/t12-,13?/m1/s1. The molecule has 0 aliphatic carbocycles. The van der Waals surface area contributed by atoms with Crippen molar-refractivity contribution >= 4 is 12.0 Å². The second-order valence-electron chi connectivity index (χ2n) is 4.30. The number of rotatable bonds is 7. The van der Waals surface area contributed by atoms with E-state index in [1.807, 2.05) is 30.3 Å². The third-order valence-electron chi connectivity index (χ3n) is 2.97. The Kier molecular flexibility index (Phi) is 4.19. The number of Topliss-reactive ketones (excluding diaryl/α,β-unsaturated/α-hetero) is 1. The molecule has 1 aromatic rings. The fraction of sp³-hybridized carbons (Fsp3) is 0.385. The van der Waals surface area contributed by atoms with Gasteiger partial charge in [-0.05, 0) is 5.56 Å². The molecule has 1 heterocycles. The Morgan fingerprint density at radius 2 is 2.26 bits per heavy atom. The van der Waals surface area contributed by atoms with Crippen LogP contribution in [0.25, 0.3) is 5.53 Å². The van der Waals surface area contributed by atoms with Gasteiger partial charge in [-0.2, -0.15) is 4.79 Å². The Morgan fingerprint density at radius 1 is 1.58 bits per heavy atom. The van der Waals surface area contributed by atoms with Crippen molar-refractivity contribution in [2.75, 3.05) is 13.2 Å². The predicted octanol–water partition coefficient (Wildman–Crippen LogP) is 0.203. The average Bonchev–Trinajstić information content (AvgIpc) is 3.22. The summed E-state index contributed by atoms with van der Waals surface area (Å²) in [5, 5.41) is 9.90. The van der Waals surface area contributed by atoms with Crippen LogP contribution in [0.5, 0.6) is 0 Å². The molecule has 100 valence electrons. The maximum Gasteiger partial charge on any atom is 0.326 e. The summed E-state index contributed by atoms with van der Waals surface area (Å²) in [5.41, 5.74) is 7.99. The molecule has 6 nitrogen and oxygen atoms in total. The zero-order chi connectivity index (χ0) is 13.7. The summed E-state index contributed by atoms with van der Waals surface area (Å²) in [7, 11) is 0. The summed E-state index contributed by atoms with van der Waals surface area (Å²) in [6.45, 7) is 0.421. The molecule has 1 aliphatic rings. The minimum atomic E-state index is -1.30. The SMILES string of the molecule is [N-]=[N+]=CC(=O)C1([C@H](O)COCc2ccccc2)CO1.